The molecule has 0 bridgehead atoms. The van der Waals surface area contributed by atoms with Crippen molar-refractivity contribution in [1.29, 1.82) is 0 Å². The van der Waals surface area contributed by atoms with Gasteiger partial charge in [0.05, 0.1) is 5.01 Å². The highest BCUT2D eigenvalue weighted by Gasteiger charge is 2.07. The van der Waals surface area contributed by atoms with Crippen molar-refractivity contribution in [2.24, 2.45) is 5.73 Å². The Balaban J connectivity index is 1.86. The average molecular weight is 289 g/mol. The number of nitrogens with two attached hydrogens (primary N) is 1. The van der Waals surface area contributed by atoms with Gasteiger partial charge in [0.1, 0.15) is 0 Å². The maximum atomic E-state index is 11.9. The molecule has 5 nitrogen and oxygen atoms in total. The van der Waals surface area contributed by atoms with Crippen LogP contribution in [-0.2, 0) is 6.42 Å². The second-order valence-corrected chi connectivity index (χ2v) is 5.27. The van der Waals surface area contributed by atoms with E-state index in [1.165, 1.54) is 0 Å². The number of carbonyl (C=O) groups is 2. The van der Waals surface area contributed by atoms with Crippen molar-refractivity contribution in [3.8, 4) is 0 Å². The maximum absolute atomic E-state index is 11.9. The van der Waals surface area contributed by atoms with Crippen LogP contribution in [0.4, 0.5) is 0 Å². The molecule has 0 aliphatic carbocycles. The maximum Gasteiger partial charge on any atom is 0.251 e. The number of nitrogens with one attached hydrogen (secondary N) is 1. The molecule has 0 atom stereocenters. The highest BCUT2D eigenvalue weighted by atomic mass is 32.1. The highest BCUT2D eigenvalue weighted by molar-refractivity contribution is 7.09. The van der Waals surface area contributed by atoms with E-state index in [4.69, 9.17) is 5.73 Å². The second kappa shape index (κ2) is 6.29. The first-order valence-corrected chi connectivity index (χ1v) is 7.03. The molecule has 6 heteroatoms. The van der Waals surface area contributed by atoms with Crippen molar-refractivity contribution in [3.63, 3.8) is 0 Å². The monoisotopic (exact) mass is 289 g/mol. The van der Waals surface area contributed by atoms with Crippen molar-refractivity contribution < 1.29 is 9.59 Å². The number of aromatic nitrogens is 1. The van der Waals surface area contributed by atoms with E-state index in [1.54, 1.807) is 35.6 Å². The Hall–Kier alpha value is -2.21. The molecule has 2 rings (SSSR count). The Labute approximate surface area is 120 Å². The number of rotatable bonds is 5. The summed E-state index contributed by atoms with van der Waals surface area (Å²) in [5.41, 5.74) is 7.03. The normalized spacial score (nSPS) is 10.2. The van der Waals surface area contributed by atoms with Crippen LogP contribution in [0.3, 0.4) is 0 Å². The Morgan fingerprint density at radius 2 is 1.90 bits per heavy atom. The zero-order valence-electron chi connectivity index (χ0n) is 11.1. The van der Waals surface area contributed by atoms with Gasteiger partial charge in [0.2, 0.25) is 5.91 Å². The van der Waals surface area contributed by atoms with Crippen LogP contribution in [0.15, 0.2) is 29.6 Å². The molecule has 0 saturated carbocycles. The minimum absolute atomic E-state index is 0.172. The number of thiazole rings is 1. The van der Waals surface area contributed by atoms with Crippen LogP contribution in [0.1, 0.15) is 31.4 Å². The van der Waals surface area contributed by atoms with Gasteiger partial charge < -0.3 is 11.1 Å². The van der Waals surface area contributed by atoms with Gasteiger partial charge in [0.25, 0.3) is 5.91 Å². The van der Waals surface area contributed by atoms with Crippen LogP contribution in [0.25, 0.3) is 0 Å². The Morgan fingerprint density at radius 1 is 1.25 bits per heavy atom. The van der Waals surface area contributed by atoms with Gasteiger partial charge in [-0.05, 0) is 31.2 Å². The molecule has 0 aliphatic rings. The molecule has 3 N–H and O–H groups in total. The third-order valence-corrected chi connectivity index (χ3v) is 3.75. The largest absolute Gasteiger partial charge is 0.366 e. The zero-order valence-corrected chi connectivity index (χ0v) is 11.9. The quantitative estimate of drug-likeness (QED) is 0.875. The summed E-state index contributed by atoms with van der Waals surface area (Å²) in [6.07, 6.45) is 0.712. The molecule has 20 heavy (non-hydrogen) atoms. The summed E-state index contributed by atoms with van der Waals surface area (Å²) in [6, 6.07) is 6.26. The van der Waals surface area contributed by atoms with Crippen LogP contribution in [0.2, 0.25) is 0 Å². The topological polar surface area (TPSA) is 85.1 Å². The first-order valence-electron chi connectivity index (χ1n) is 6.15. The number of carbonyl (C=O) groups excluding carboxylic acids is 2. The summed E-state index contributed by atoms with van der Waals surface area (Å²) in [7, 11) is 0. The Bertz CT molecular complexity index is 620. The fraction of sp³-hybridized carbons (Fsp3) is 0.214. The zero-order chi connectivity index (χ0) is 14.5. The molecule has 1 aromatic carbocycles. The van der Waals surface area contributed by atoms with Gasteiger partial charge in [0.15, 0.2) is 0 Å². The summed E-state index contributed by atoms with van der Waals surface area (Å²) >= 11 is 1.59. The van der Waals surface area contributed by atoms with E-state index in [9.17, 15) is 9.59 Å². The lowest BCUT2D eigenvalue weighted by atomic mass is 10.1. The number of hydrogen-bond acceptors (Lipinski definition) is 4. The predicted octanol–water partition coefficient (Wildman–Crippen LogP) is 1.52. The van der Waals surface area contributed by atoms with E-state index in [2.05, 4.69) is 10.3 Å². The van der Waals surface area contributed by atoms with Gasteiger partial charge in [-0.3, -0.25) is 9.59 Å². The second-order valence-electron chi connectivity index (χ2n) is 4.33. The number of benzene rings is 1. The molecule has 1 aromatic heterocycles. The lowest BCUT2D eigenvalue weighted by Gasteiger charge is -2.04. The lowest BCUT2D eigenvalue weighted by Crippen LogP contribution is -2.25. The Morgan fingerprint density at radius 3 is 2.45 bits per heavy atom. The van der Waals surface area contributed by atoms with Crippen LogP contribution >= 0.6 is 11.3 Å². The van der Waals surface area contributed by atoms with Crippen LogP contribution in [0, 0.1) is 6.92 Å². The third kappa shape index (κ3) is 3.64. The fourth-order valence-corrected chi connectivity index (χ4v) is 2.46. The van der Waals surface area contributed by atoms with Crippen LogP contribution < -0.4 is 11.1 Å². The molecule has 0 saturated heterocycles. The molecule has 0 spiro atoms. The number of primary amides is 1. The lowest BCUT2D eigenvalue weighted by molar-refractivity contribution is 0.0951. The van der Waals surface area contributed by atoms with E-state index in [0.717, 1.165) is 10.7 Å². The van der Waals surface area contributed by atoms with Gasteiger partial charge in [0, 0.05) is 35.2 Å². The van der Waals surface area contributed by atoms with Crippen molar-refractivity contribution in [2.75, 3.05) is 6.54 Å². The standard InChI is InChI=1S/C14H15N3O2S/c1-9-8-20-12(17-9)6-7-16-14(19)11-4-2-10(3-5-11)13(15)18/h2-5,8H,6-7H2,1H3,(H2,15,18)(H,16,19). The van der Waals surface area contributed by atoms with Gasteiger partial charge in [-0.2, -0.15) is 0 Å². The van der Waals surface area contributed by atoms with Gasteiger partial charge in [-0.25, -0.2) is 4.98 Å². The molecular formula is C14H15N3O2S. The molecule has 1 heterocycles. The number of aryl methyl sites for hydroxylation is 1. The first-order chi connectivity index (χ1) is 9.56. The summed E-state index contributed by atoms with van der Waals surface area (Å²) in [5.74, 6) is -0.676. The minimum Gasteiger partial charge on any atom is -0.366 e. The first kappa shape index (κ1) is 14.2. The fourth-order valence-electron chi connectivity index (χ4n) is 1.69. The van der Waals surface area contributed by atoms with Gasteiger partial charge in [-0.15, -0.1) is 11.3 Å². The summed E-state index contributed by atoms with van der Waals surface area (Å²) in [6.45, 7) is 2.47. The molecule has 0 aliphatic heterocycles. The predicted molar refractivity (Wildman–Crippen MR) is 77.8 cm³/mol. The van der Waals surface area contributed by atoms with E-state index in [0.29, 0.717) is 24.1 Å². The number of hydrogen-bond donors (Lipinski definition) is 2. The third-order valence-electron chi connectivity index (χ3n) is 2.72. The molecule has 0 radical (unpaired) electrons. The van der Waals surface area contributed by atoms with E-state index in [1.807, 2.05) is 12.3 Å². The summed E-state index contributed by atoms with van der Waals surface area (Å²) in [5, 5.41) is 5.81. The highest BCUT2D eigenvalue weighted by Crippen LogP contribution is 2.09. The van der Waals surface area contributed by atoms with Crippen molar-refractivity contribution in [3.05, 3.63) is 51.5 Å². The van der Waals surface area contributed by atoms with E-state index in [-0.39, 0.29) is 5.91 Å². The molecule has 2 aromatic rings. The van der Waals surface area contributed by atoms with Gasteiger partial charge >= 0.3 is 0 Å². The SMILES string of the molecule is Cc1csc(CCNC(=O)c2ccc(C(N)=O)cc2)n1. The minimum atomic E-state index is -0.504. The number of amides is 2. The van der Waals surface area contributed by atoms with E-state index >= 15 is 0 Å². The van der Waals surface area contributed by atoms with Crippen LogP contribution in [-0.4, -0.2) is 23.3 Å². The molecule has 2 amide bonds. The summed E-state index contributed by atoms with van der Waals surface area (Å²) in [4.78, 5) is 27.1. The molecule has 0 unspecified atom stereocenters. The van der Waals surface area contributed by atoms with E-state index < -0.39 is 5.91 Å². The van der Waals surface area contributed by atoms with Crippen molar-refractivity contribution >= 4 is 23.2 Å². The molecular weight excluding hydrogens is 274 g/mol. The molecule has 0 fully saturated rings. The van der Waals surface area contributed by atoms with Crippen LogP contribution in [0.5, 0.6) is 0 Å². The van der Waals surface area contributed by atoms with Crippen molar-refractivity contribution in [1.82, 2.24) is 10.3 Å². The smallest absolute Gasteiger partial charge is 0.251 e. The summed E-state index contributed by atoms with van der Waals surface area (Å²) < 4.78 is 0. The number of nitrogens with zero attached hydrogens (tertiary/aromatic N) is 1. The average Bonchev–Trinajstić information content (AvgIpc) is 2.84. The van der Waals surface area contributed by atoms with Crippen molar-refractivity contribution in [2.45, 2.75) is 13.3 Å². The molecule has 104 valence electrons. The Kier molecular flexibility index (Phi) is 4.47. The van der Waals surface area contributed by atoms with Gasteiger partial charge in [-0.1, -0.05) is 0 Å².